The smallest absolute Gasteiger partial charge is 0.253 e. The van der Waals surface area contributed by atoms with E-state index in [1.165, 1.54) is 11.3 Å². The third-order valence-corrected chi connectivity index (χ3v) is 5.83. The molecule has 0 amide bonds. The van der Waals surface area contributed by atoms with Crippen molar-refractivity contribution < 1.29 is 8.42 Å². The zero-order valence-electron chi connectivity index (χ0n) is 12.7. The van der Waals surface area contributed by atoms with E-state index in [1.807, 2.05) is 24.3 Å². The molecule has 0 bridgehead atoms. The Morgan fingerprint density at radius 3 is 2.65 bits per heavy atom. The minimum atomic E-state index is -3.65. The summed E-state index contributed by atoms with van der Waals surface area (Å²) in [5.41, 5.74) is 0. The summed E-state index contributed by atoms with van der Waals surface area (Å²) >= 11 is 1.29. The van der Waals surface area contributed by atoms with Gasteiger partial charge in [-0.15, -0.1) is 10.2 Å². The van der Waals surface area contributed by atoms with Crippen molar-refractivity contribution in [1.82, 2.24) is 10.2 Å². The second kappa shape index (κ2) is 6.64. The Kier molecular flexibility index (Phi) is 4.58. The predicted molar refractivity (Wildman–Crippen MR) is 93.3 cm³/mol. The van der Waals surface area contributed by atoms with E-state index in [2.05, 4.69) is 21.8 Å². The lowest BCUT2D eigenvalue weighted by Crippen LogP contribution is -2.12. The highest BCUT2D eigenvalue weighted by molar-refractivity contribution is 7.93. The fourth-order valence-electron chi connectivity index (χ4n) is 2.23. The van der Waals surface area contributed by atoms with Gasteiger partial charge in [0, 0.05) is 6.42 Å². The number of rotatable bonds is 6. The number of benzene rings is 2. The Morgan fingerprint density at radius 1 is 1.09 bits per heavy atom. The van der Waals surface area contributed by atoms with Gasteiger partial charge >= 0.3 is 0 Å². The van der Waals surface area contributed by atoms with Gasteiger partial charge in [0.15, 0.2) is 0 Å². The van der Waals surface area contributed by atoms with Crippen LogP contribution in [-0.4, -0.2) is 18.6 Å². The summed E-state index contributed by atoms with van der Waals surface area (Å²) < 4.78 is 27.5. The Hall–Kier alpha value is -1.99. The third kappa shape index (κ3) is 3.68. The summed E-state index contributed by atoms with van der Waals surface area (Å²) in [7, 11) is -3.65. The highest BCUT2D eigenvalue weighted by Crippen LogP contribution is 2.23. The SMILES string of the molecule is CCCCc1nnc(NS(=O)(=O)c2ccc3ccccc3c2)s1. The van der Waals surface area contributed by atoms with Crippen LogP contribution >= 0.6 is 11.3 Å². The molecule has 3 aromatic rings. The van der Waals surface area contributed by atoms with E-state index in [-0.39, 0.29) is 4.90 Å². The van der Waals surface area contributed by atoms with Crippen molar-refractivity contribution in [2.75, 3.05) is 4.72 Å². The van der Waals surface area contributed by atoms with E-state index >= 15 is 0 Å². The first-order valence-electron chi connectivity index (χ1n) is 7.42. The summed E-state index contributed by atoms with van der Waals surface area (Å²) in [5, 5.41) is 11.0. The van der Waals surface area contributed by atoms with E-state index in [0.717, 1.165) is 35.0 Å². The predicted octanol–water partition coefficient (Wildman–Crippen LogP) is 3.83. The van der Waals surface area contributed by atoms with Crippen molar-refractivity contribution in [1.29, 1.82) is 0 Å². The second-order valence-electron chi connectivity index (χ2n) is 5.22. The molecular formula is C16H17N3O2S2. The van der Waals surface area contributed by atoms with Gasteiger partial charge in [-0.2, -0.15) is 0 Å². The van der Waals surface area contributed by atoms with Crippen molar-refractivity contribution in [3.63, 3.8) is 0 Å². The molecule has 0 spiro atoms. The van der Waals surface area contributed by atoms with Crippen LogP contribution in [0.25, 0.3) is 10.8 Å². The molecule has 0 aliphatic heterocycles. The number of hydrogen-bond acceptors (Lipinski definition) is 5. The zero-order valence-corrected chi connectivity index (χ0v) is 14.3. The summed E-state index contributed by atoms with van der Waals surface area (Å²) in [6.07, 6.45) is 2.91. The van der Waals surface area contributed by atoms with Gasteiger partial charge in [-0.05, 0) is 29.3 Å². The Labute approximate surface area is 139 Å². The van der Waals surface area contributed by atoms with Gasteiger partial charge in [0.1, 0.15) is 5.01 Å². The normalized spacial score (nSPS) is 11.7. The minimum absolute atomic E-state index is 0.224. The molecule has 1 aromatic heterocycles. The average Bonchev–Trinajstić information content (AvgIpc) is 2.99. The van der Waals surface area contributed by atoms with Crippen molar-refractivity contribution in [3.05, 3.63) is 47.5 Å². The van der Waals surface area contributed by atoms with Gasteiger partial charge in [-0.25, -0.2) is 8.42 Å². The molecule has 120 valence electrons. The fraction of sp³-hybridized carbons (Fsp3) is 0.250. The first kappa shape index (κ1) is 15.9. The first-order valence-corrected chi connectivity index (χ1v) is 9.72. The molecule has 3 rings (SSSR count). The van der Waals surface area contributed by atoms with Crippen LogP contribution in [0, 0.1) is 0 Å². The molecule has 0 saturated carbocycles. The first-order chi connectivity index (χ1) is 11.1. The Morgan fingerprint density at radius 2 is 1.87 bits per heavy atom. The van der Waals surface area contributed by atoms with E-state index in [4.69, 9.17) is 0 Å². The standard InChI is InChI=1S/C16H17N3O2S2/c1-2-3-8-15-17-18-16(22-15)19-23(20,21)14-10-9-12-6-4-5-7-13(12)11-14/h4-7,9-11H,2-3,8H2,1H3,(H,18,19). The highest BCUT2D eigenvalue weighted by Gasteiger charge is 2.17. The van der Waals surface area contributed by atoms with Crippen molar-refractivity contribution in [2.45, 2.75) is 31.1 Å². The van der Waals surface area contributed by atoms with Crippen molar-refractivity contribution in [3.8, 4) is 0 Å². The van der Waals surface area contributed by atoms with E-state index in [1.54, 1.807) is 18.2 Å². The molecular weight excluding hydrogens is 330 g/mol. The second-order valence-corrected chi connectivity index (χ2v) is 7.96. The maximum Gasteiger partial charge on any atom is 0.263 e. The molecule has 2 aromatic carbocycles. The van der Waals surface area contributed by atoms with Crippen LogP contribution in [0.5, 0.6) is 0 Å². The number of anilines is 1. The molecule has 7 heteroatoms. The lowest BCUT2D eigenvalue weighted by Gasteiger charge is -2.06. The van der Waals surface area contributed by atoms with Gasteiger partial charge < -0.3 is 0 Å². The molecule has 1 N–H and O–H groups in total. The molecule has 0 fully saturated rings. The number of fused-ring (bicyclic) bond motifs is 1. The molecule has 0 unspecified atom stereocenters. The maximum absolute atomic E-state index is 12.5. The number of unbranched alkanes of at least 4 members (excludes halogenated alkanes) is 1. The van der Waals surface area contributed by atoms with E-state index < -0.39 is 10.0 Å². The average molecular weight is 347 g/mol. The van der Waals surface area contributed by atoms with Gasteiger partial charge in [0.25, 0.3) is 10.0 Å². The molecule has 0 radical (unpaired) electrons. The number of hydrogen-bond donors (Lipinski definition) is 1. The lowest BCUT2D eigenvalue weighted by atomic mass is 10.1. The van der Waals surface area contributed by atoms with Crippen LogP contribution < -0.4 is 4.72 Å². The number of aryl methyl sites for hydroxylation is 1. The van der Waals surface area contributed by atoms with Crippen LogP contribution in [-0.2, 0) is 16.4 Å². The quantitative estimate of drug-likeness (QED) is 0.735. The summed E-state index contributed by atoms with van der Waals surface area (Å²) in [6.45, 7) is 2.10. The molecule has 0 aliphatic rings. The van der Waals surface area contributed by atoms with Crippen LogP contribution in [0.15, 0.2) is 47.4 Å². The van der Waals surface area contributed by atoms with Crippen LogP contribution in [0.1, 0.15) is 24.8 Å². The topological polar surface area (TPSA) is 72.0 Å². The minimum Gasteiger partial charge on any atom is -0.253 e. The monoisotopic (exact) mass is 347 g/mol. The Balaban J connectivity index is 1.83. The van der Waals surface area contributed by atoms with Gasteiger partial charge in [-0.3, -0.25) is 4.72 Å². The lowest BCUT2D eigenvalue weighted by molar-refractivity contribution is 0.601. The zero-order chi connectivity index (χ0) is 16.3. The summed E-state index contributed by atoms with van der Waals surface area (Å²) in [6, 6.07) is 12.7. The van der Waals surface area contributed by atoms with E-state index in [9.17, 15) is 8.42 Å². The van der Waals surface area contributed by atoms with Gasteiger partial charge in [-0.1, -0.05) is 55.0 Å². The molecule has 1 heterocycles. The summed E-state index contributed by atoms with van der Waals surface area (Å²) in [4.78, 5) is 0.224. The highest BCUT2D eigenvalue weighted by atomic mass is 32.2. The molecule has 0 saturated heterocycles. The largest absolute Gasteiger partial charge is 0.263 e. The van der Waals surface area contributed by atoms with Crippen LogP contribution in [0.3, 0.4) is 0 Å². The maximum atomic E-state index is 12.5. The van der Waals surface area contributed by atoms with Crippen molar-refractivity contribution >= 4 is 37.3 Å². The third-order valence-electron chi connectivity index (χ3n) is 3.46. The van der Waals surface area contributed by atoms with Crippen LogP contribution in [0.4, 0.5) is 5.13 Å². The Bertz CT molecular complexity index is 920. The fourth-order valence-corrected chi connectivity index (χ4v) is 4.28. The van der Waals surface area contributed by atoms with Crippen LogP contribution in [0.2, 0.25) is 0 Å². The summed E-state index contributed by atoms with van der Waals surface area (Å²) in [5.74, 6) is 0. The molecule has 5 nitrogen and oxygen atoms in total. The molecule has 0 atom stereocenters. The molecule has 0 aliphatic carbocycles. The number of nitrogens with one attached hydrogen (secondary N) is 1. The molecule has 23 heavy (non-hydrogen) atoms. The van der Waals surface area contributed by atoms with E-state index in [0.29, 0.717) is 5.13 Å². The van der Waals surface area contributed by atoms with Gasteiger partial charge in [0.05, 0.1) is 4.90 Å². The van der Waals surface area contributed by atoms with Crippen molar-refractivity contribution in [2.24, 2.45) is 0 Å². The number of sulfonamides is 1. The number of aromatic nitrogens is 2. The van der Waals surface area contributed by atoms with Gasteiger partial charge in [0.2, 0.25) is 5.13 Å². The number of nitrogens with zero attached hydrogens (tertiary/aromatic N) is 2.